The van der Waals surface area contributed by atoms with Gasteiger partial charge in [0.15, 0.2) is 0 Å². The molecular formula is C10H13ClN2O. The molecule has 0 aliphatic rings. The van der Waals surface area contributed by atoms with Gasteiger partial charge >= 0.3 is 0 Å². The third-order valence-corrected chi connectivity index (χ3v) is 1.65. The van der Waals surface area contributed by atoms with E-state index < -0.39 is 0 Å². The number of nitrogens with one attached hydrogen (secondary N) is 1. The highest BCUT2D eigenvalue weighted by Gasteiger charge is 1.95. The van der Waals surface area contributed by atoms with E-state index in [4.69, 9.17) is 16.3 Å². The molecule has 0 saturated carbocycles. The summed E-state index contributed by atoms with van der Waals surface area (Å²) in [5.41, 5.74) is 0.898. The van der Waals surface area contributed by atoms with E-state index in [0.717, 1.165) is 5.69 Å². The number of hydrogen-bond donors (Lipinski definition) is 1. The zero-order valence-electron chi connectivity index (χ0n) is 8.09. The van der Waals surface area contributed by atoms with Crippen LogP contribution < -0.4 is 10.1 Å². The average molecular weight is 213 g/mol. The molecule has 0 aliphatic carbocycles. The van der Waals surface area contributed by atoms with Crippen LogP contribution in [0, 0.1) is 0 Å². The number of ether oxygens (including phenoxy) is 1. The van der Waals surface area contributed by atoms with Gasteiger partial charge in [-0.3, -0.25) is 0 Å². The van der Waals surface area contributed by atoms with Crippen molar-refractivity contribution < 1.29 is 4.74 Å². The predicted molar refractivity (Wildman–Crippen MR) is 58.9 cm³/mol. The number of aromatic nitrogens is 1. The molecule has 0 saturated heterocycles. The van der Waals surface area contributed by atoms with E-state index >= 15 is 0 Å². The number of halogens is 1. The molecule has 0 bridgehead atoms. The maximum Gasteiger partial charge on any atom is 0.213 e. The summed E-state index contributed by atoms with van der Waals surface area (Å²) >= 11 is 5.61. The van der Waals surface area contributed by atoms with Gasteiger partial charge in [-0.05, 0) is 13.0 Å². The van der Waals surface area contributed by atoms with E-state index in [1.807, 2.05) is 19.1 Å². The average Bonchev–Trinajstić information content (AvgIpc) is 2.17. The van der Waals surface area contributed by atoms with Crippen molar-refractivity contribution in [3.8, 4) is 5.88 Å². The Hall–Kier alpha value is -1.22. The highest BCUT2D eigenvalue weighted by atomic mass is 35.5. The number of anilines is 1. The summed E-state index contributed by atoms with van der Waals surface area (Å²) in [6.07, 6.45) is 1.70. The van der Waals surface area contributed by atoms with Crippen molar-refractivity contribution in [2.75, 3.05) is 18.5 Å². The second-order valence-corrected chi connectivity index (χ2v) is 3.22. The first kappa shape index (κ1) is 10.9. The van der Waals surface area contributed by atoms with Crippen molar-refractivity contribution in [1.29, 1.82) is 0 Å². The van der Waals surface area contributed by atoms with Crippen molar-refractivity contribution in [1.82, 2.24) is 4.98 Å². The first-order valence-corrected chi connectivity index (χ1v) is 4.76. The van der Waals surface area contributed by atoms with Crippen LogP contribution in [0.5, 0.6) is 5.88 Å². The Kier molecular flexibility index (Phi) is 4.26. The molecule has 4 heteroatoms. The molecule has 0 unspecified atom stereocenters. The Labute approximate surface area is 88.8 Å². The summed E-state index contributed by atoms with van der Waals surface area (Å²) in [5, 5.41) is 3.63. The maximum absolute atomic E-state index is 5.61. The maximum atomic E-state index is 5.61. The summed E-state index contributed by atoms with van der Waals surface area (Å²) < 4.78 is 5.20. The minimum Gasteiger partial charge on any atom is -0.478 e. The zero-order chi connectivity index (χ0) is 10.4. The van der Waals surface area contributed by atoms with Crippen LogP contribution in [0.4, 0.5) is 5.69 Å². The SMILES string of the molecule is C=C(Cl)CNc1ccc(OCC)nc1. The Morgan fingerprint density at radius 2 is 2.43 bits per heavy atom. The molecule has 1 aromatic rings. The molecule has 14 heavy (non-hydrogen) atoms. The summed E-state index contributed by atoms with van der Waals surface area (Å²) in [6.45, 7) is 6.66. The molecular weight excluding hydrogens is 200 g/mol. The summed E-state index contributed by atoms with van der Waals surface area (Å²) in [4.78, 5) is 4.09. The Balaban J connectivity index is 2.50. The van der Waals surface area contributed by atoms with Crippen LogP contribution in [0.3, 0.4) is 0 Å². The van der Waals surface area contributed by atoms with Crippen molar-refractivity contribution in [3.63, 3.8) is 0 Å². The number of pyridine rings is 1. The van der Waals surface area contributed by atoms with E-state index in [1.54, 1.807) is 6.20 Å². The van der Waals surface area contributed by atoms with Crippen molar-refractivity contribution in [3.05, 3.63) is 29.9 Å². The Morgan fingerprint density at radius 1 is 1.64 bits per heavy atom. The molecule has 0 amide bonds. The Morgan fingerprint density at radius 3 is 2.93 bits per heavy atom. The van der Waals surface area contributed by atoms with Gasteiger partial charge in [-0.2, -0.15) is 0 Å². The van der Waals surface area contributed by atoms with Crippen LogP contribution in [0.15, 0.2) is 29.9 Å². The van der Waals surface area contributed by atoms with E-state index in [-0.39, 0.29) is 0 Å². The van der Waals surface area contributed by atoms with Crippen LogP contribution in [0.1, 0.15) is 6.92 Å². The van der Waals surface area contributed by atoms with E-state index in [9.17, 15) is 0 Å². The molecule has 0 spiro atoms. The fourth-order valence-corrected chi connectivity index (χ4v) is 0.983. The molecule has 1 N–H and O–H groups in total. The van der Waals surface area contributed by atoms with Gasteiger partial charge in [0.1, 0.15) is 0 Å². The highest BCUT2D eigenvalue weighted by Crippen LogP contribution is 2.12. The standard InChI is InChI=1S/C10H13ClN2O/c1-3-14-10-5-4-9(7-13-10)12-6-8(2)11/h4-5,7,12H,2-3,6H2,1H3. The van der Waals surface area contributed by atoms with E-state index in [2.05, 4.69) is 16.9 Å². The summed E-state index contributed by atoms with van der Waals surface area (Å²) in [7, 11) is 0. The normalized spacial score (nSPS) is 9.57. The second kappa shape index (κ2) is 5.50. The quantitative estimate of drug-likeness (QED) is 0.815. The third-order valence-electron chi connectivity index (χ3n) is 1.51. The van der Waals surface area contributed by atoms with Crippen molar-refractivity contribution >= 4 is 17.3 Å². The molecule has 0 radical (unpaired) electrons. The van der Waals surface area contributed by atoms with Gasteiger partial charge in [0, 0.05) is 11.1 Å². The van der Waals surface area contributed by atoms with E-state index in [0.29, 0.717) is 24.1 Å². The molecule has 1 aromatic heterocycles. The van der Waals surface area contributed by atoms with Crippen LogP contribution >= 0.6 is 11.6 Å². The van der Waals surface area contributed by atoms with Gasteiger partial charge < -0.3 is 10.1 Å². The van der Waals surface area contributed by atoms with Crippen LogP contribution in [-0.2, 0) is 0 Å². The topological polar surface area (TPSA) is 34.1 Å². The lowest BCUT2D eigenvalue weighted by atomic mass is 10.4. The lowest BCUT2D eigenvalue weighted by molar-refractivity contribution is 0.327. The van der Waals surface area contributed by atoms with Gasteiger partial charge in [-0.25, -0.2) is 4.98 Å². The van der Waals surface area contributed by atoms with Gasteiger partial charge in [0.2, 0.25) is 5.88 Å². The summed E-state index contributed by atoms with van der Waals surface area (Å²) in [6, 6.07) is 3.70. The summed E-state index contributed by atoms with van der Waals surface area (Å²) in [5.74, 6) is 0.628. The smallest absolute Gasteiger partial charge is 0.213 e. The first-order valence-electron chi connectivity index (χ1n) is 4.38. The molecule has 0 aromatic carbocycles. The molecule has 76 valence electrons. The largest absolute Gasteiger partial charge is 0.478 e. The van der Waals surface area contributed by atoms with E-state index in [1.165, 1.54) is 0 Å². The van der Waals surface area contributed by atoms with Gasteiger partial charge in [0.05, 0.1) is 25.0 Å². The predicted octanol–water partition coefficient (Wildman–Crippen LogP) is 2.64. The third kappa shape index (κ3) is 3.66. The zero-order valence-corrected chi connectivity index (χ0v) is 8.84. The molecule has 3 nitrogen and oxygen atoms in total. The lowest BCUT2D eigenvalue weighted by Gasteiger charge is -2.05. The lowest BCUT2D eigenvalue weighted by Crippen LogP contribution is -2.01. The molecule has 1 heterocycles. The molecule has 0 atom stereocenters. The number of hydrogen-bond acceptors (Lipinski definition) is 3. The van der Waals surface area contributed by atoms with Gasteiger partial charge in [-0.15, -0.1) is 0 Å². The fourth-order valence-electron chi connectivity index (χ4n) is 0.916. The highest BCUT2D eigenvalue weighted by molar-refractivity contribution is 6.29. The minimum absolute atomic E-state index is 0.539. The van der Waals surface area contributed by atoms with Crippen molar-refractivity contribution in [2.24, 2.45) is 0 Å². The Bertz CT molecular complexity index is 297. The minimum atomic E-state index is 0.539. The molecule has 1 rings (SSSR count). The van der Waals surface area contributed by atoms with Crippen LogP contribution in [0.2, 0.25) is 0 Å². The number of rotatable bonds is 5. The van der Waals surface area contributed by atoms with Crippen molar-refractivity contribution in [2.45, 2.75) is 6.92 Å². The first-order chi connectivity index (χ1) is 6.72. The molecule has 0 aliphatic heterocycles. The monoisotopic (exact) mass is 212 g/mol. The second-order valence-electron chi connectivity index (χ2n) is 2.69. The fraction of sp³-hybridized carbons (Fsp3) is 0.300. The van der Waals surface area contributed by atoms with Gasteiger partial charge in [0.25, 0.3) is 0 Å². The molecule has 0 fully saturated rings. The van der Waals surface area contributed by atoms with Crippen LogP contribution in [-0.4, -0.2) is 18.1 Å². The van der Waals surface area contributed by atoms with Gasteiger partial charge in [-0.1, -0.05) is 18.2 Å². The number of nitrogens with zero attached hydrogens (tertiary/aromatic N) is 1. The van der Waals surface area contributed by atoms with Crippen LogP contribution in [0.25, 0.3) is 0 Å².